The molecule has 0 aromatic carbocycles. The second kappa shape index (κ2) is 6.75. The molecule has 18 heavy (non-hydrogen) atoms. The van der Waals surface area contributed by atoms with Crippen molar-refractivity contribution in [1.82, 2.24) is 20.2 Å². The minimum Gasteiger partial charge on any atom is -0.346 e. The smallest absolute Gasteiger partial charge is 0.236 e. The number of halogens is 1. The molecule has 1 aromatic heterocycles. The summed E-state index contributed by atoms with van der Waals surface area (Å²) in [6.45, 7) is 4.08. The molecule has 1 saturated heterocycles. The van der Waals surface area contributed by atoms with Gasteiger partial charge in [-0.3, -0.25) is 4.79 Å². The minimum atomic E-state index is 0. The third-order valence-corrected chi connectivity index (χ3v) is 3.21. The van der Waals surface area contributed by atoms with E-state index >= 15 is 0 Å². The van der Waals surface area contributed by atoms with Crippen LogP contribution in [0, 0.1) is 6.92 Å². The molecule has 1 atom stereocenters. The summed E-state index contributed by atoms with van der Waals surface area (Å²) in [4.78, 5) is 21.4. The summed E-state index contributed by atoms with van der Waals surface area (Å²) >= 11 is 0. The van der Waals surface area contributed by atoms with Crippen LogP contribution in [0.4, 0.5) is 0 Å². The maximum Gasteiger partial charge on any atom is 0.236 e. The first-order valence-electron chi connectivity index (χ1n) is 6.14. The number of hydrogen-bond donors (Lipinski definition) is 2. The van der Waals surface area contributed by atoms with Crippen molar-refractivity contribution in [1.29, 1.82) is 0 Å². The molecule has 1 unspecified atom stereocenters. The van der Waals surface area contributed by atoms with Crippen LogP contribution in [0.15, 0.2) is 6.20 Å². The molecule has 2 heterocycles. The zero-order chi connectivity index (χ0) is 12.3. The van der Waals surface area contributed by atoms with Gasteiger partial charge in [-0.2, -0.15) is 0 Å². The van der Waals surface area contributed by atoms with E-state index < -0.39 is 0 Å². The van der Waals surface area contributed by atoms with Crippen LogP contribution in [0.1, 0.15) is 30.3 Å². The van der Waals surface area contributed by atoms with E-state index in [0.29, 0.717) is 12.5 Å². The number of nitrogens with zero attached hydrogens (tertiary/aromatic N) is 2. The molecular weight excluding hydrogens is 252 g/mol. The van der Waals surface area contributed by atoms with Gasteiger partial charge >= 0.3 is 0 Å². The van der Waals surface area contributed by atoms with E-state index in [-0.39, 0.29) is 18.3 Å². The number of carbonyl (C=O) groups is 1. The number of H-pyrrole nitrogens is 1. The van der Waals surface area contributed by atoms with E-state index in [1.54, 1.807) is 7.05 Å². The summed E-state index contributed by atoms with van der Waals surface area (Å²) in [5.74, 6) is 1.56. The lowest BCUT2D eigenvalue weighted by atomic mass is 9.97. The number of likely N-dealkylation sites (N-methyl/N-ethyl adjacent to an activating group) is 1. The van der Waals surface area contributed by atoms with Crippen LogP contribution in [-0.4, -0.2) is 47.5 Å². The summed E-state index contributed by atoms with van der Waals surface area (Å²) in [5.41, 5.74) is 1.08. The average Bonchev–Trinajstić information content (AvgIpc) is 2.76. The lowest BCUT2D eigenvalue weighted by Crippen LogP contribution is -2.43. The average molecular weight is 273 g/mol. The second-order valence-electron chi connectivity index (χ2n) is 4.66. The molecule has 5 nitrogen and oxygen atoms in total. The Morgan fingerprint density at radius 1 is 1.67 bits per heavy atom. The third kappa shape index (κ3) is 3.46. The van der Waals surface area contributed by atoms with Gasteiger partial charge in [0.25, 0.3) is 0 Å². The second-order valence-corrected chi connectivity index (χ2v) is 4.66. The summed E-state index contributed by atoms with van der Waals surface area (Å²) in [6.07, 6.45) is 4.01. The predicted molar refractivity (Wildman–Crippen MR) is 73.1 cm³/mol. The highest BCUT2D eigenvalue weighted by molar-refractivity contribution is 5.85. The number of aromatic nitrogens is 2. The molecule has 1 aliphatic heterocycles. The molecule has 0 radical (unpaired) electrons. The highest BCUT2D eigenvalue weighted by Crippen LogP contribution is 2.24. The number of likely N-dealkylation sites (tertiary alicyclic amines) is 1. The third-order valence-electron chi connectivity index (χ3n) is 3.21. The molecule has 2 N–H and O–H groups in total. The van der Waals surface area contributed by atoms with Crippen molar-refractivity contribution in [3.63, 3.8) is 0 Å². The Labute approximate surface area is 114 Å². The molecule has 1 amide bonds. The number of aromatic amines is 1. The van der Waals surface area contributed by atoms with Crippen molar-refractivity contribution < 1.29 is 4.79 Å². The Morgan fingerprint density at radius 2 is 2.44 bits per heavy atom. The van der Waals surface area contributed by atoms with Gasteiger partial charge in [0.05, 0.1) is 6.54 Å². The van der Waals surface area contributed by atoms with Crippen LogP contribution in [0.5, 0.6) is 0 Å². The van der Waals surface area contributed by atoms with Gasteiger partial charge < -0.3 is 15.2 Å². The van der Waals surface area contributed by atoms with E-state index in [1.807, 2.05) is 18.0 Å². The molecule has 0 aliphatic carbocycles. The van der Waals surface area contributed by atoms with Crippen LogP contribution in [0.25, 0.3) is 0 Å². The molecule has 1 fully saturated rings. The number of amides is 1. The van der Waals surface area contributed by atoms with E-state index in [9.17, 15) is 4.79 Å². The van der Waals surface area contributed by atoms with Crippen molar-refractivity contribution >= 4 is 18.3 Å². The molecule has 0 spiro atoms. The molecular formula is C12H21ClN4O. The molecule has 0 saturated carbocycles. The maximum absolute atomic E-state index is 11.8. The van der Waals surface area contributed by atoms with Gasteiger partial charge in [0, 0.05) is 30.9 Å². The first-order valence-corrected chi connectivity index (χ1v) is 6.14. The van der Waals surface area contributed by atoms with E-state index in [1.165, 1.54) is 0 Å². The molecule has 2 rings (SSSR count). The number of piperidine rings is 1. The van der Waals surface area contributed by atoms with Crippen molar-refractivity contribution in [3.8, 4) is 0 Å². The summed E-state index contributed by atoms with van der Waals surface area (Å²) < 4.78 is 0. The fourth-order valence-corrected chi connectivity index (χ4v) is 2.33. The van der Waals surface area contributed by atoms with E-state index in [0.717, 1.165) is 37.4 Å². The Morgan fingerprint density at radius 3 is 3.06 bits per heavy atom. The van der Waals surface area contributed by atoms with Crippen LogP contribution in [0.2, 0.25) is 0 Å². The van der Waals surface area contributed by atoms with Crippen molar-refractivity contribution in [3.05, 3.63) is 17.7 Å². The molecule has 102 valence electrons. The van der Waals surface area contributed by atoms with Gasteiger partial charge in [-0.25, -0.2) is 4.98 Å². The number of rotatable bonds is 3. The van der Waals surface area contributed by atoms with Crippen LogP contribution < -0.4 is 5.32 Å². The van der Waals surface area contributed by atoms with E-state index in [4.69, 9.17) is 0 Å². The largest absolute Gasteiger partial charge is 0.346 e. The highest BCUT2D eigenvalue weighted by Gasteiger charge is 2.25. The lowest BCUT2D eigenvalue weighted by Gasteiger charge is -2.31. The fraction of sp³-hybridized carbons (Fsp3) is 0.667. The van der Waals surface area contributed by atoms with Crippen LogP contribution in [0.3, 0.4) is 0 Å². The van der Waals surface area contributed by atoms with Gasteiger partial charge in [0.15, 0.2) is 0 Å². The van der Waals surface area contributed by atoms with Crippen molar-refractivity contribution in [2.75, 3.05) is 26.7 Å². The van der Waals surface area contributed by atoms with Crippen LogP contribution >= 0.6 is 12.4 Å². The standard InChI is InChI=1S/C12H20N4O.ClH/c1-9-6-14-12(15-9)10-4-3-5-16(8-10)11(17)7-13-2;/h6,10,13H,3-5,7-8H2,1-2H3,(H,14,15);1H. The zero-order valence-electron chi connectivity index (χ0n) is 10.9. The number of hydrogen-bond acceptors (Lipinski definition) is 3. The Hall–Kier alpha value is -1.07. The van der Waals surface area contributed by atoms with Gasteiger partial charge in [-0.05, 0) is 26.8 Å². The van der Waals surface area contributed by atoms with Crippen molar-refractivity contribution in [2.45, 2.75) is 25.7 Å². The molecule has 0 bridgehead atoms. The zero-order valence-corrected chi connectivity index (χ0v) is 11.7. The highest BCUT2D eigenvalue weighted by atomic mass is 35.5. The van der Waals surface area contributed by atoms with E-state index in [2.05, 4.69) is 15.3 Å². The Balaban J connectivity index is 0.00000162. The van der Waals surface area contributed by atoms with Crippen molar-refractivity contribution in [2.24, 2.45) is 0 Å². The fourth-order valence-electron chi connectivity index (χ4n) is 2.33. The molecule has 1 aliphatic rings. The number of carbonyl (C=O) groups excluding carboxylic acids is 1. The summed E-state index contributed by atoms with van der Waals surface area (Å²) in [5, 5.41) is 2.91. The topological polar surface area (TPSA) is 61.0 Å². The van der Waals surface area contributed by atoms with Gasteiger partial charge in [-0.1, -0.05) is 0 Å². The quantitative estimate of drug-likeness (QED) is 0.865. The monoisotopic (exact) mass is 272 g/mol. The Kier molecular flexibility index (Phi) is 5.62. The van der Waals surface area contributed by atoms with Gasteiger partial charge in [-0.15, -0.1) is 12.4 Å². The number of imidazole rings is 1. The maximum atomic E-state index is 11.8. The molecule has 1 aromatic rings. The first-order chi connectivity index (χ1) is 8.20. The SMILES string of the molecule is CNCC(=O)N1CCCC(c2ncc(C)[nH]2)C1.Cl. The predicted octanol–water partition coefficient (Wildman–Crippen LogP) is 1.07. The lowest BCUT2D eigenvalue weighted by molar-refractivity contribution is -0.131. The summed E-state index contributed by atoms with van der Waals surface area (Å²) in [7, 11) is 1.80. The Bertz CT molecular complexity index is 393. The number of aryl methyl sites for hydroxylation is 1. The number of nitrogens with one attached hydrogen (secondary N) is 2. The van der Waals surface area contributed by atoms with Crippen LogP contribution in [-0.2, 0) is 4.79 Å². The minimum absolute atomic E-state index is 0. The first kappa shape index (κ1) is 15.0. The summed E-state index contributed by atoms with van der Waals surface area (Å²) in [6, 6.07) is 0. The van der Waals surface area contributed by atoms with Gasteiger partial charge in [0.1, 0.15) is 5.82 Å². The normalized spacial score (nSPS) is 19.4. The van der Waals surface area contributed by atoms with Gasteiger partial charge in [0.2, 0.25) is 5.91 Å². The molecule has 6 heteroatoms.